The molecule has 2 N–H and O–H groups in total. The van der Waals surface area contributed by atoms with Crippen molar-refractivity contribution in [3.05, 3.63) is 58.0 Å². The summed E-state index contributed by atoms with van der Waals surface area (Å²) in [5, 5.41) is 26.2. The zero-order chi connectivity index (χ0) is 30.9. The Labute approximate surface area is 262 Å². The van der Waals surface area contributed by atoms with E-state index in [1.807, 2.05) is 0 Å². The minimum atomic E-state index is -0.870. The van der Waals surface area contributed by atoms with Crippen LogP contribution < -0.4 is 15.0 Å². The van der Waals surface area contributed by atoms with Gasteiger partial charge in [-0.2, -0.15) is 5.26 Å². The highest BCUT2D eigenvalue weighted by molar-refractivity contribution is 6.00. The van der Waals surface area contributed by atoms with Crippen LogP contribution in [0.3, 0.4) is 0 Å². The fourth-order valence-electron chi connectivity index (χ4n) is 9.13. The van der Waals surface area contributed by atoms with Crippen molar-refractivity contribution in [2.24, 2.45) is 0 Å². The SMILES string of the molecule is C#Cc1c(F)ccc2cc(O)cc(N3CCc4c(C5CC6CCC(C5)N6)nc(OCC56CCCN5CC(F)C6)c(C#N)c4C3)c12. The number of piperidine rings is 1. The van der Waals surface area contributed by atoms with E-state index in [-0.39, 0.29) is 22.8 Å². The summed E-state index contributed by atoms with van der Waals surface area (Å²) in [5.41, 5.74) is 3.80. The molecule has 0 saturated carbocycles. The van der Waals surface area contributed by atoms with Crippen LogP contribution in [0.5, 0.6) is 11.6 Å². The number of nitrogens with zero attached hydrogens (tertiary/aromatic N) is 4. The molecule has 9 heteroatoms. The largest absolute Gasteiger partial charge is 0.508 e. The first kappa shape index (κ1) is 28.5. The van der Waals surface area contributed by atoms with Crippen molar-refractivity contribution in [2.45, 2.75) is 87.6 Å². The summed E-state index contributed by atoms with van der Waals surface area (Å²) in [7, 11) is 0. The van der Waals surface area contributed by atoms with Crippen molar-refractivity contribution in [1.29, 1.82) is 5.26 Å². The van der Waals surface area contributed by atoms with Gasteiger partial charge in [0.1, 0.15) is 36.0 Å². The molecule has 1 aromatic heterocycles. The molecule has 5 aliphatic rings. The number of nitriles is 1. The summed E-state index contributed by atoms with van der Waals surface area (Å²) in [4.78, 5) is 9.44. The highest BCUT2D eigenvalue weighted by atomic mass is 19.1. The number of rotatable bonds is 5. The number of phenols is 1. The number of aromatic hydroxyl groups is 1. The second kappa shape index (κ2) is 10.9. The number of phenolic OH excluding ortho intramolecular Hbond substituents is 1. The van der Waals surface area contributed by atoms with Crippen molar-refractivity contribution < 1.29 is 18.6 Å². The van der Waals surface area contributed by atoms with E-state index in [2.05, 4.69) is 27.1 Å². The van der Waals surface area contributed by atoms with Crippen LogP contribution in [0.15, 0.2) is 24.3 Å². The third kappa shape index (κ3) is 4.71. The van der Waals surface area contributed by atoms with Gasteiger partial charge in [0.15, 0.2) is 0 Å². The average molecular weight is 610 g/mol. The molecule has 6 heterocycles. The lowest BCUT2D eigenvalue weighted by Gasteiger charge is -2.37. The van der Waals surface area contributed by atoms with Crippen molar-refractivity contribution in [3.63, 3.8) is 0 Å². The standard InChI is InChI=1S/C36H37F2N5O2/c1-2-27-31(38)7-4-21-14-26(44)15-32(33(21)27)42-11-8-28-30(19-42)29(17-39)35(41-34(28)22-12-24-5-6-25(13-22)40-24)45-20-36-9-3-10-43(36)18-23(37)16-36/h1,4,7,14-15,22-25,40,44H,3,5-6,8-13,16,18-20H2. The predicted molar refractivity (Wildman–Crippen MR) is 168 cm³/mol. The normalized spacial score (nSPS) is 28.9. The first-order valence-electron chi connectivity index (χ1n) is 16.3. The van der Waals surface area contributed by atoms with Crippen LogP contribution in [-0.2, 0) is 13.0 Å². The molecule has 4 unspecified atom stereocenters. The number of anilines is 1. The zero-order valence-electron chi connectivity index (χ0n) is 25.3. The molecule has 2 aromatic carbocycles. The zero-order valence-corrected chi connectivity index (χ0v) is 25.3. The maximum absolute atomic E-state index is 14.9. The molecule has 4 atom stereocenters. The Morgan fingerprint density at radius 3 is 2.76 bits per heavy atom. The topological polar surface area (TPSA) is 84.7 Å². The van der Waals surface area contributed by atoms with Crippen molar-refractivity contribution in [1.82, 2.24) is 15.2 Å². The molecule has 8 rings (SSSR count). The summed E-state index contributed by atoms with van der Waals surface area (Å²) in [5.74, 6) is 2.68. The van der Waals surface area contributed by atoms with Crippen LogP contribution >= 0.6 is 0 Å². The highest BCUT2D eigenvalue weighted by Gasteiger charge is 2.49. The Kier molecular flexibility index (Phi) is 6.89. The molecule has 0 aliphatic carbocycles. The molecule has 7 nitrogen and oxygen atoms in total. The van der Waals surface area contributed by atoms with E-state index in [1.54, 1.807) is 18.2 Å². The highest BCUT2D eigenvalue weighted by Crippen LogP contribution is 2.45. The quantitative estimate of drug-likeness (QED) is 0.373. The van der Waals surface area contributed by atoms with Crippen LogP contribution in [0.2, 0.25) is 0 Å². The van der Waals surface area contributed by atoms with Gasteiger partial charge in [-0.3, -0.25) is 4.90 Å². The second-order valence-corrected chi connectivity index (χ2v) is 13.7. The molecular formula is C36H37F2N5O2. The number of fused-ring (bicyclic) bond motifs is 5. The summed E-state index contributed by atoms with van der Waals surface area (Å²) in [6, 6.07) is 9.53. The minimum Gasteiger partial charge on any atom is -0.508 e. The number of aromatic nitrogens is 1. The van der Waals surface area contributed by atoms with E-state index < -0.39 is 12.0 Å². The predicted octanol–water partition coefficient (Wildman–Crippen LogP) is 5.45. The molecule has 3 aromatic rings. The Bertz CT molecular complexity index is 1770. The Morgan fingerprint density at radius 2 is 1.98 bits per heavy atom. The monoisotopic (exact) mass is 609 g/mol. The fourth-order valence-corrected chi connectivity index (χ4v) is 9.13. The lowest BCUT2D eigenvalue weighted by atomic mass is 9.83. The first-order chi connectivity index (χ1) is 21.9. The number of terminal acetylenes is 1. The summed E-state index contributed by atoms with van der Waals surface area (Å²) in [6.07, 6.45) is 12.2. The maximum Gasteiger partial charge on any atom is 0.232 e. The van der Waals surface area contributed by atoms with E-state index in [9.17, 15) is 19.1 Å². The molecule has 0 spiro atoms. The Balaban J connectivity index is 1.22. The number of hydrogen-bond donors (Lipinski definition) is 2. The number of ether oxygens (including phenoxy) is 1. The smallest absolute Gasteiger partial charge is 0.232 e. The van der Waals surface area contributed by atoms with Gasteiger partial charge in [0.05, 0.1) is 16.8 Å². The van der Waals surface area contributed by atoms with Crippen LogP contribution in [-0.4, -0.2) is 65.0 Å². The molecule has 5 aliphatic heterocycles. The number of nitrogens with one attached hydrogen (secondary N) is 1. The van der Waals surface area contributed by atoms with Gasteiger partial charge in [0, 0.05) is 61.2 Å². The lowest BCUT2D eigenvalue weighted by molar-refractivity contribution is 0.110. The van der Waals surface area contributed by atoms with Crippen molar-refractivity contribution in [3.8, 4) is 30.0 Å². The molecule has 2 bridgehead atoms. The maximum atomic E-state index is 14.9. The van der Waals surface area contributed by atoms with Crippen molar-refractivity contribution >= 4 is 16.5 Å². The van der Waals surface area contributed by atoms with Gasteiger partial charge in [-0.25, -0.2) is 13.8 Å². The van der Waals surface area contributed by atoms with Crippen LogP contribution in [0.1, 0.15) is 78.8 Å². The first-order valence-corrected chi connectivity index (χ1v) is 16.3. The average Bonchev–Trinajstić information content (AvgIpc) is 3.68. The number of alkyl halides is 1. The van der Waals surface area contributed by atoms with Gasteiger partial charge < -0.3 is 20.1 Å². The van der Waals surface area contributed by atoms with Gasteiger partial charge in [0.25, 0.3) is 0 Å². The molecule has 4 saturated heterocycles. The number of hydrogen-bond acceptors (Lipinski definition) is 7. The third-order valence-electron chi connectivity index (χ3n) is 11.1. The number of pyridine rings is 1. The molecule has 0 radical (unpaired) electrons. The summed E-state index contributed by atoms with van der Waals surface area (Å²) in [6.45, 7) is 2.56. The third-order valence-corrected chi connectivity index (χ3v) is 11.1. The summed E-state index contributed by atoms with van der Waals surface area (Å²) >= 11 is 0. The molecule has 232 valence electrons. The number of benzene rings is 2. The fraction of sp³-hybridized carbons (Fsp3) is 0.500. The van der Waals surface area contributed by atoms with E-state index in [0.29, 0.717) is 79.1 Å². The van der Waals surface area contributed by atoms with E-state index >= 15 is 0 Å². The lowest BCUT2D eigenvalue weighted by Crippen LogP contribution is -2.43. The van der Waals surface area contributed by atoms with Gasteiger partial charge in [-0.15, -0.1) is 6.42 Å². The van der Waals surface area contributed by atoms with Gasteiger partial charge in [-0.1, -0.05) is 12.0 Å². The Hall–Kier alpha value is -3.92. The molecule has 4 fully saturated rings. The minimum absolute atomic E-state index is 0.0612. The second-order valence-electron chi connectivity index (χ2n) is 13.7. The Morgan fingerprint density at radius 1 is 1.16 bits per heavy atom. The molecular weight excluding hydrogens is 572 g/mol. The van der Waals surface area contributed by atoms with Crippen LogP contribution in [0, 0.1) is 29.5 Å². The van der Waals surface area contributed by atoms with Crippen LogP contribution in [0.25, 0.3) is 10.8 Å². The summed E-state index contributed by atoms with van der Waals surface area (Å²) < 4.78 is 36.0. The van der Waals surface area contributed by atoms with E-state index in [0.717, 1.165) is 61.9 Å². The van der Waals surface area contributed by atoms with Gasteiger partial charge in [-0.05, 0) is 80.1 Å². The van der Waals surface area contributed by atoms with E-state index in [1.165, 1.54) is 6.07 Å². The van der Waals surface area contributed by atoms with E-state index in [4.69, 9.17) is 16.1 Å². The van der Waals surface area contributed by atoms with Gasteiger partial charge >= 0.3 is 0 Å². The van der Waals surface area contributed by atoms with Gasteiger partial charge in [0.2, 0.25) is 5.88 Å². The molecule has 45 heavy (non-hydrogen) atoms. The van der Waals surface area contributed by atoms with Crippen molar-refractivity contribution in [2.75, 3.05) is 31.1 Å². The number of halogens is 2. The van der Waals surface area contributed by atoms with Crippen LogP contribution in [0.4, 0.5) is 14.5 Å². The molecule has 0 amide bonds.